The van der Waals surface area contributed by atoms with Crippen LogP contribution in [-0.2, 0) is 9.47 Å². The van der Waals surface area contributed by atoms with Crippen molar-refractivity contribution < 1.29 is 14.2 Å². The van der Waals surface area contributed by atoms with Crippen LogP contribution in [0.1, 0.15) is 73.1 Å². The summed E-state index contributed by atoms with van der Waals surface area (Å²) in [6.45, 7) is 11.9. The Labute approximate surface area is 176 Å². The molecular formula is C23H41NO3Sn. The van der Waals surface area contributed by atoms with Gasteiger partial charge in [-0.25, -0.2) is 0 Å². The molecule has 1 aliphatic heterocycles. The van der Waals surface area contributed by atoms with Crippen LogP contribution in [-0.4, -0.2) is 48.5 Å². The van der Waals surface area contributed by atoms with E-state index in [9.17, 15) is 0 Å². The van der Waals surface area contributed by atoms with Gasteiger partial charge in [0.2, 0.25) is 0 Å². The molecule has 0 unspecified atom stereocenters. The quantitative estimate of drug-likeness (QED) is 0.329. The van der Waals surface area contributed by atoms with E-state index in [2.05, 4.69) is 32.9 Å². The van der Waals surface area contributed by atoms with Gasteiger partial charge in [-0.1, -0.05) is 0 Å². The molecular weight excluding hydrogens is 457 g/mol. The van der Waals surface area contributed by atoms with Gasteiger partial charge in [0.15, 0.2) is 0 Å². The van der Waals surface area contributed by atoms with Gasteiger partial charge in [-0.05, 0) is 0 Å². The summed E-state index contributed by atoms with van der Waals surface area (Å²) in [4.78, 5) is 5.08. The van der Waals surface area contributed by atoms with E-state index in [0.717, 1.165) is 5.88 Å². The second kappa shape index (κ2) is 11.8. The molecule has 0 radical (unpaired) electrons. The molecule has 1 saturated heterocycles. The zero-order valence-electron chi connectivity index (χ0n) is 18.8. The fourth-order valence-corrected chi connectivity index (χ4v) is 19.5. The second-order valence-corrected chi connectivity index (χ2v) is 21.8. The molecule has 2 rings (SSSR count). The second-order valence-electron chi connectivity index (χ2n) is 8.71. The predicted molar refractivity (Wildman–Crippen MR) is 119 cm³/mol. The van der Waals surface area contributed by atoms with E-state index >= 15 is 0 Å². The monoisotopic (exact) mass is 499 g/mol. The van der Waals surface area contributed by atoms with Crippen LogP contribution in [0.3, 0.4) is 0 Å². The van der Waals surface area contributed by atoms with Crippen molar-refractivity contribution in [2.24, 2.45) is 0 Å². The molecule has 5 heteroatoms. The van der Waals surface area contributed by atoms with Crippen LogP contribution in [0.15, 0.2) is 18.2 Å². The van der Waals surface area contributed by atoms with Crippen LogP contribution in [0.5, 0.6) is 5.88 Å². The van der Waals surface area contributed by atoms with E-state index in [-0.39, 0.29) is 6.10 Å². The van der Waals surface area contributed by atoms with E-state index in [0.29, 0.717) is 13.2 Å². The first-order valence-electron chi connectivity index (χ1n) is 11.4. The van der Waals surface area contributed by atoms with Gasteiger partial charge >= 0.3 is 177 Å². The molecule has 0 aromatic carbocycles. The van der Waals surface area contributed by atoms with Gasteiger partial charge in [-0.2, -0.15) is 0 Å². The number of nitrogens with zero attached hydrogens (tertiary/aromatic N) is 1. The molecule has 0 N–H and O–H groups in total. The summed E-state index contributed by atoms with van der Waals surface area (Å²) in [6, 6.07) is 6.46. The van der Waals surface area contributed by atoms with E-state index < -0.39 is 24.2 Å². The zero-order chi connectivity index (χ0) is 20.5. The fraction of sp³-hybridized carbons (Fsp3) is 0.783. The average molecular weight is 498 g/mol. The molecule has 2 heterocycles. The van der Waals surface area contributed by atoms with Crippen LogP contribution in [0.4, 0.5) is 0 Å². The number of ether oxygens (including phenoxy) is 3. The Morgan fingerprint density at radius 2 is 1.64 bits per heavy atom. The van der Waals surface area contributed by atoms with Crippen molar-refractivity contribution in [3.05, 3.63) is 18.2 Å². The van der Waals surface area contributed by atoms with Crippen molar-refractivity contribution in [2.45, 2.75) is 98.3 Å². The van der Waals surface area contributed by atoms with Gasteiger partial charge < -0.3 is 0 Å². The Bertz CT molecular complexity index is 557. The molecule has 0 aliphatic carbocycles. The van der Waals surface area contributed by atoms with Gasteiger partial charge in [-0.3, -0.25) is 0 Å². The van der Waals surface area contributed by atoms with Gasteiger partial charge in [0.1, 0.15) is 0 Å². The number of rotatable bonds is 13. The summed E-state index contributed by atoms with van der Waals surface area (Å²) in [6.07, 6.45) is 7.86. The van der Waals surface area contributed by atoms with Crippen LogP contribution < -0.4 is 8.45 Å². The molecule has 4 nitrogen and oxygen atoms in total. The van der Waals surface area contributed by atoms with Gasteiger partial charge in [-0.15, -0.1) is 0 Å². The third-order valence-corrected chi connectivity index (χ3v) is 20.9. The van der Waals surface area contributed by atoms with E-state index in [1.165, 1.54) is 55.5 Å². The molecule has 1 fully saturated rings. The van der Waals surface area contributed by atoms with Crippen molar-refractivity contribution in [1.82, 2.24) is 4.98 Å². The summed E-state index contributed by atoms with van der Waals surface area (Å²) in [5.41, 5.74) is 0. The standard InChI is InChI=1S/C11H14NO3.3C4H9.Sn/c1-11(2)14-8-9(15-11)7-13-10-5-3-4-6-12-10;3*1-3-4-2;/h3-5,9H,7-8H2,1-2H3;3*1,3-4H2,2H3;/t9-;;;;/m0..../s1. The van der Waals surface area contributed by atoms with Crippen molar-refractivity contribution >= 4 is 22.1 Å². The Hall–Kier alpha value is -0.331. The summed E-state index contributed by atoms with van der Waals surface area (Å²) < 4.78 is 23.3. The summed E-state index contributed by atoms with van der Waals surface area (Å²) in [5, 5.41) is 0. The minimum atomic E-state index is -2.50. The molecule has 28 heavy (non-hydrogen) atoms. The molecule has 1 atom stereocenters. The number of unbranched alkanes of at least 4 members (excludes halogenated alkanes) is 3. The summed E-state index contributed by atoms with van der Waals surface area (Å²) in [7, 11) is 0. The number of aromatic nitrogens is 1. The van der Waals surface area contributed by atoms with E-state index in [4.69, 9.17) is 19.2 Å². The molecule has 0 spiro atoms. The third-order valence-electron chi connectivity index (χ3n) is 5.78. The van der Waals surface area contributed by atoms with Gasteiger partial charge in [0, 0.05) is 0 Å². The van der Waals surface area contributed by atoms with Crippen LogP contribution in [0.2, 0.25) is 13.3 Å². The van der Waals surface area contributed by atoms with E-state index in [1.54, 1.807) is 0 Å². The predicted octanol–water partition coefficient (Wildman–Crippen LogP) is 5.67. The first-order chi connectivity index (χ1) is 13.4. The van der Waals surface area contributed by atoms with Crippen molar-refractivity contribution in [3.8, 4) is 5.88 Å². The fourth-order valence-electron chi connectivity index (χ4n) is 4.12. The maximum atomic E-state index is 6.05. The van der Waals surface area contributed by atoms with Crippen molar-refractivity contribution in [2.75, 3.05) is 13.2 Å². The van der Waals surface area contributed by atoms with Gasteiger partial charge in [0.25, 0.3) is 0 Å². The third kappa shape index (κ3) is 7.17. The number of pyridine rings is 1. The maximum absolute atomic E-state index is 6.05. The Balaban J connectivity index is 2.14. The molecule has 1 aliphatic rings. The average Bonchev–Trinajstić information content (AvgIpc) is 3.05. The molecule has 1 aromatic rings. The summed E-state index contributed by atoms with van der Waals surface area (Å²) >= 11 is -2.50. The van der Waals surface area contributed by atoms with Crippen molar-refractivity contribution in [3.63, 3.8) is 0 Å². The van der Waals surface area contributed by atoms with Crippen LogP contribution >= 0.6 is 0 Å². The minimum absolute atomic E-state index is 0.0194. The zero-order valence-corrected chi connectivity index (χ0v) is 21.6. The van der Waals surface area contributed by atoms with Crippen LogP contribution in [0, 0.1) is 0 Å². The molecule has 0 amide bonds. The van der Waals surface area contributed by atoms with E-state index in [1.807, 2.05) is 19.9 Å². The topological polar surface area (TPSA) is 40.6 Å². The SMILES string of the molecule is CCC[CH2][Sn]([CH2]CCC)([CH2]CCC)[c]1cccc(OC[C@H]2COC(C)(C)O2)n1. The van der Waals surface area contributed by atoms with Gasteiger partial charge in [0.05, 0.1) is 0 Å². The number of hydrogen-bond acceptors (Lipinski definition) is 4. The Morgan fingerprint density at radius 3 is 2.14 bits per heavy atom. The summed E-state index contributed by atoms with van der Waals surface area (Å²) in [5.74, 6) is 0.256. The molecule has 0 bridgehead atoms. The normalized spacial score (nSPS) is 19.1. The van der Waals surface area contributed by atoms with Crippen LogP contribution in [0.25, 0.3) is 0 Å². The van der Waals surface area contributed by atoms with Crippen molar-refractivity contribution in [1.29, 1.82) is 0 Å². The Kier molecular flexibility index (Phi) is 10.0. The molecule has 160 valence electrons. The first kappa shape index (κ1) is 23.9. The Morgan fingerprint density at radius 1 is 1.04 bits per heavy atom. The molecule has 1 aromatic heterocycles. The molecule has 0 saturated carbocycles. The number of hydrogen-bond donors (Lipinski definition) is 0. The first-order valence-corrected chi connectivity index (χ1v) is 18.8.